The van der Waals surface area contributed by atoms with Gasteiger partial charge >= 0.3 is 0 Å². The fourth-order valence-corrected chi connectivity index (χ4v) is 2.61. The summed E-state index contributed by atoms with van der Waals surface area (Å²) < 4.78 is 5.72. The lowest BCUT2D eigenvalue weighted by Crippen LogP contribution is -2.24. The van der Waals surface area contributed by atoms with E-state index < -0.39 is 0 Å². The zero-order chi connectivity index (χ0) is 14.4. The Morgan fingerprint density at radius 2 is 2.35 bits per heavy atom. The van der Waals surface area contributed by atoms with Crippen molar-refractivity contribution in [1.82, 2.24) is 4.90 Å². The number of ether oxygens (including phenoxy) is 1. The van der Waals surface area contributed by atoms with Crippen LogP contribution >= 0.6 is 12.2 Å². The number of nitrogens with zero attached hydrogens (tertiary/aromatic N) is 1. The van der Waals surface area contributed by atoms with Crippen molar-refractivity contribution in [2.45, 2.75) is 12.8 Å². The highest BCUT2D eigenvalue weighted by Crippen LogP contribution is 2.16. The van der Waals surface area contributed by atoms with Crippen molar-refractivity contribution < 1.29 is 9.84 Å². The van der Waals surface area contributed by atoms with E-state index in [-0.39, 0.29) is 0 Å². The van der Waals surface area contributed by atoms with Gasteiger partial charge in [-0.25, -0.2) is 0 Å². The molecule has 4 nitrogen and oxygen atoms in total. The average Bonchev–Trinajstić information content (AvgIpc) is 2.92. The highest BCUT2D eigenvalue weighted by molar-refractivity contribution is 7.80. The van der Waals surface area contributed by atoms with Crippen LogP contribution in [0.2, 0.25) is 0 Å². The lowest BCUT2D eigenvalue weighted by atomic mass is 10.1. The van der Waals surface area contributed by atoms with Crippen LogP contribution in [-0.4, -0.2) is 47.8 Å². The Balaban J connectivity index is 1.68. The monoisotopic (exact) mass is 294 g/mol. The molecule has 110 valence electrons. The molecule has 1 aromatic carbocycles. The smallest absolute Gasteiger partial charge is 0.119 e. The molecule has 5 heteroatoms. The van der Waals surface area contributed by atoms with Gasteiger partial charge in [-0.2, -0.15) is 0 Å². The lowest BCUT2D eigenvalue weighted by Gasteiger charge is -2.15. The first-order valence-electron chi connectivity index (χ1n) is 7.05. The molecule has 1 atom stereocenters. The molecule has 0 amide bonds. The Morgan fingerprint density at radius 1 is 1.50 bits per heavy atom. The standard InChI is InChI=1S/C15H22N2O2S/c16-15(20)13-3-1-4-14(9-13)19-8-2-6-17-7-5-12(10-17)11-18/h1,3-4,9,12,18H,2,5-8,10-11H2,(H2,16,20). The Labute approximate surface area is 125 Å². The maximum Gasteiger partial charge on any atom is 0.119 e. The molecule has 2 rings (SSSR count). The molecule has 0 radical (unpaired) electrons. The molecule has 3 N–H and O–H groups in total. The second kappa shape index (κ2) is 7.57. The number of hydrogen-bond acceptors (Lipinski definition) is 4. The minimum atomic E-state index is 0.304. The fourth-order valence-electron chi connectivity index (χ4n) is 2.48. The molecule has 1 aliphatic heterocycles. The predicted molar refractivity (Wildman–Crippen MR) is 84.1 cm³/mol. The molecule has 1 saturated heterocycles. The summed E-state index contributed by atoms with van der Waals surface area (Å²) in [5, 5.41) is 9.10. The van der Waals surface area contributed by atoms with E-state index >= 15 is 0 Å². The third kappa shape index (κ3) is 4.44. The van der Waals surface area contributed by atoms with Crippen molar-refractivity contribution in [3.05, 3.63) is 29.8 Å². The molecule has 1 aliphatic rings. The van der Waals surface area contributed by atoms with Crippen LogP contribution in [0.15, 0.2) is 24.3 Å². The summed E-state index contributed by atoms with van der Waals surface area (Å²) >= 11 is 4.95. The van der Waals surface area contributed by atoms with Gasteiger partial charge in [-0.05, 0) is 37.4 Å². The van der Waals surface area contributed by atoms with Crippen LogP contribution < -0.4 is 10.5 Å². The third-order valence-corrected chi connectivity index (χ3v) is 3.87. The normalized spacial score (nSPS) is 19.1. The summed E-state index contributed by atoms with van der Waals surface area (Å²) in [6, 6.07) is 7.57. The van der Waals surface area contributed by atoms with Crippen LogP contribution in [0.4, 0.5) is 0 Å². The molecule has 1 heterocycles. The second-order valence-electron chi connectivity index (χ2n) is 5.23. The van der Waals surface area contributed by atoms with Crippen LogP contribution in [0.5, 0.6) is 5.75 Å². The predicted octanol–water partition coefficient (Wildman–Crippen LogP) is 1.40. The summed E-state index contributed by atoms with van der Waals surface area (Å²) in [5.41, 5.74) is 6.43. The van der Waals surface area contributed by atoms with Gasteiger partial charge in [0, 0.05) is 25.3 Å². The minimum absolute atomic E-state index is 0.304. The third-order valence-electron chi connectivity index (χ3n) is 3.63. The van der Waals surface area contributed by atoms with E-state index in [1.165, 1.54) is 0 Å². The maximum atomic E-state index is 9.10. The molecular formula is C15H22N2O2S. The van der Waals surface area contributed by atoms with E-state index in [0.29, 0.717) is 24.1 Å². The summed E-state index contributed by atoms with van der Waals surface area (Å²) in [4.78, 5) is 2.78. The Hall–Kier alpha value is -1.17. The molecular weight excluding hydrogens is 272 g/mol. The van der Waals surface area contributed by atoms with Crippen molar-refractivity contribution in [3.8, 4) is 5.75 Å². The zero-order valence-electron chi connectivity index (χ0n) is 11.6. The van der Waals surface area contributed by atoms with Gasteiger partial charge in [0.2, 0.25) is 0 Å². The van der Waals surface area contributed by atoms with Crippen LogP contribution in [-0.2, 0) is 0 Å². The van der Waals surface area contributed by atoms with E-state index in [0.717, 1.165) is 43.8 Å². The largest absolute Gasteiger partial charge is 0.494 e. The van der Waals surface area contributed by atoms with Gasteiger partial charge in [-0.1, -0.05) is 24.4 Å². The van der Waals surface area contributed by atoms with Gasteiger partial charge < -0.3 is 20.5 Å². The Bertz CT molecular complexity index is 453. The van der Waals surface area contributed by atoms with Crippen molar-refractivity contribution in [2.24, 2.45) is 11.7 Å². The van der Waals surface area contributed by atoms with Crippen molar-refractivity contribution >= 4 is 17.2 Å². The summed E-state index contributed by atoms with van der Waals surface area (Å²) in [6.07, 6.45) is 2.09. The van der Waals surface area contributed by atoms with Gasteiger partial charge in [0.15, 0.2) is 0 Å². The van der Waals surface area contributed by atoms with Crippen LogP contribution in [0.25, 0.3) is 0 Å². The molecule has 1 unspecified atom stereocenters. The summed E-state index contributed by atoms with van der Waals surface area (Å²) in [5.74, 6) is 1.27. The number of rotatable bonds is 7. The molecule has 0 spiro atoms. The molecule has 20 heavy (non-hydrogen) atoms. The lowest BCUT2D eigenvalue weighted by molar-refractivity contribution is 0.215. The maximum absolute atomic E-state index is 9.10. The van der Waals surface area contributed by atoms with Crippen LogP contribution in [0.1, 0.15) is 18.4 Å². The minimum Gasteiger partial charge on any atom is -0.494 e. The van der Waals surface area contributed by atoms with Crippen molar-refractivity contribution in [3.63, 3.8) is 0 Å². The van der Waals surface area contributed by atoms with Gasteiger partial charge in [0.25, 0.3) is 0 Å². The van der Waals surface area contributed by atoms with Gasteiger partial charge in [0.1, 0.15) is 10.7 Å². The molecule has 1 fully saturated rings. The number of nitrogens with two attached hydrogens (primary N) is 1. The number of thiocarbonyl (C=S) groups is 1. The highest BCUT2D eigenvalue weighted by atomic mass is 32.1. The zero-order valence-corrected chi connectivity index (χ0v) is 12.4. The molecule has 0 aliphatic carbocycles. The van der Waals surface area contributed by atoms with E-state index in [2.05, 4.69) is 4.90 Å². The number of likely N-dealkylation sites (tertiary alicyclic amines) is 1. The number of hydrogen-bond donors (Lipinski definition) is 2. The van der Waals surface area contributed by atoms with E-state index in [4.69, 9.17) is 27.8 Å². The van der Waals surface area contributed by atoms with Gasteiger partial charge in [-0.15, -0.1) is 0 Å². The van der Waals surface area contributed by atoms with Gasteiger partial charge in [0.05, 0.1) is 6.61 Å². The SMILES string of the molecule is NC(=S)c1cccc(OCCCN2CCC(CO)C2)c1. The topological polar surface area (TPSA) is 58.7 Å². The average molecular weight is 294 g/mol. The number of benzene rings is 1. The summed E-state index contributed by atoms with van der Waals surface area (Å²) in [7, 11) is 0. The van der Waals surface area contributed by atoms with Crippen LogP contribution in [0.3, 0.4) is 0 Å². The van der Waals surface area contributed by atoms with E-state index in [1.54, 1.807) is 0 Å². The molecule has 0 bridgehead atoms. The highest BCUT2D eigenvalue weighted by Gasteiger charge is 2.20. The quantitative estimate of drug-likeness (QED) is 0.588. The Kier molecular flexibility index (Phi) is 5.76. The number of aliphatic hydroxyl groups excluding tert-OH is 1. The van der Waals surface area contributed by atoms with Crippen molar-refractivity contribution in [1.29, 1.82) is 0 Å². The first kappa shape index (κ1) is 15.2. The fraction of sp³-hybridized carbons (Fsp3) is 0.533. The molecule has 0 saturated carbocycles. The molecule has 1 aromatic rings. The first-order valence-corrected chi connectivity index (χ1v) is 7.45. The first-order chi connectivity index (χ1) is 9.69. The Morgan fingerprint density at radius 3 is 3.05 bits per heavy atom. The second-order valence-corrected chi connectivity index (χ2v) is 5.67. The summed E-state index contributed by atoms with van der Waals surface area (Å²) in [6.45, 7) is 4.10. The van der Waals surface area contributed by atoms with Crippen LogP contribution in [0, 0.1) is 5.92 Å². The molecule has 0 aromatic heterocycles. The van der Waals surface area contributed by atoms with E-state index in [9.17, 15) is 0 Å². The van der Waals surface area contributed by atoms with E-state index in [1.807, 2.05) is 24.3 Å². The van der Waals surface area contributed by atoms with Crippen molar-refractivity contribution in [2.75, 3.05) is 32.8 Å². The number of aliphatic hydroxyl groups is 1. The van der Waals surface area contributed by atoms with Gasteiger partial charge in [-0.3, -0.25) is 0 Å².